The number of aromatic nitrogens is 3. The van der Waals surface area contributed by atoms with Gasteiger partial charge in [-0.05, 0) is 30.2 Å². The fourth-order valence-corrected chi connectivity index (χ4v) is 4.33. The molecule has 0 fully saturated rings. The zero-order chi connectivity index (χ0) is 25.8. The van der Waals surface area contributed by atoms with Crippen LogP contribution in [0.4, 0.5) is 0 Å². The Balaban J connectivity index is 1.49. The van der Waals surface area contributed by atoms with Gasteiger partial charge in [-0.25, -0.2) is 9.67 Å². The number of rotatable bonds is 8. The van der Waals surface area contributed by atoms with E-state index in [0.29, 0.717) is 5.82 Å². The first-order valence-corrected chi connectivity index (χ1v) is 11.7. The van der Waals surface area contributed by atoms with E-state index in [-0.39, 0.29) is 12.0 Å². The van der Waals surface area contributed by atoms with Crippen LogP contribution in [0.5, 0.6) is 0 Å². The van der Waals surface area contributed by atoms with E-state index in [0.717, 1.165) is 22.4 Å². The second-order valence-corrected chi connectivity index (χ2v) is 8.57. The minimum Gasteiger partial charge on any atom is -0.447 e. The number of amides is 2. The molecule has 186 valence electrons. The molecule has 0 saturated heterocycles. The fourth-order valence-electron chi connectivity index (χ4n) is 4.33. The largest absolute Gasteiger partial charge is 0.447 e. The summed E-state index contributed by atoms with van der Waals surface area (Å²) in [5.41, 5.74) is 9.52. The Labute approximate surface area is 213 Å². The van der Waals surface area contributed by atoms with Crippen LogP contribution in [-0.2, 0) is 20.7 Å². The van der Waals surface area contributed by atoms with Crippen LogP contribution < -0.4 is 11.1 Å². The molecule has 1 aliphatic rings. The van der Waals surface area contributed by atoms with Crippen molar-refractivity contribution in [2.45, 2.75) is 25.2 Å². The highest BCUT2D eigenvalue weighted by molar-refractivity contribution is 5.98. The molecule has 0 saturated carbocycles. The lowest BCUT2D eigenvalue weighted by Crippen LogP contribution is -2.61. The number of benzene rings is 2. The summed E-state index contributed by atoms with van der Waals surface area (Å²) in [7, 11) is 0. The monoisotopic (exact) mass is 495 g/mol. The van der Waals surface area contributed by atoms with Gasteiger partial charge >= 0.3 is 11.7 Å². The lowest BCUT2D eigenvalue weighted by atomic mass is 9.97. The Morgan fingerprint density at radius 3 is 2.35 bits per heavy atom. The summed E-state index contributed by atoms with van der Waals surface area (Å²) in [5.74, 6) is -2.90. The van der Waals surface area contributed by atoms with E-state index in [1.54, 1.807) is 23.0 Å². The molecule has 2 aromatic carbocycles. The van der Waals surface area contributed by atoms with Gasteiger partial charge in [0.1, 0.15) is 18.6 Å². The third-order valence-corrected chi connectivity index (χ3v) is 6.16. The van der Waals surface area contributed by atoms with Crippen LogP contribution >= 0.6 is 0 Å². The minimum atomic E-state index is -1.89. The van der Waals surface area contributed by atoms with Crippen molar-refractivity contribution in [2.75, 3.05) is 0 Å². The van der Waals surface area contributed by atoms with Gasteiger partial charge in [0.2, 0.25) is 0 Å². The van der Waals surface area contributed by atoms with Crippen molar-refractivity contribution >= 4 is 11.8 Å². The topological polar surface area (TPSA) is 121 Å². The number of nitrogens with zero attached hydrogens (tertiary/aromatic N) is 3. The van der Waals surface area contributed by atoms with Crippen molar-refractivity contribution in [1.29, 1.82) is 0 Å². The highest BCUT2D eigenvalue weighted by atomic mass is 16.7. The third-order valence-electron chi connectivity index (χ3n) is 6.16. The molecular weight excluding hydrogens is 470 g/mol. The first-order valence-electron chi connectivity index (χ1n) is 11.7. The third kappa shape index (κ3) is 4.66. The standard InChI is InChI=1S/C28H25N5O4/c1-19-23(21-11-6-3-7-12-21)18-33(32-19)25-22(13-8-14-30-25)26(34)31-24(17-20-9-4-2-5-10-20)28(27(29)35)36-15-16-37-28/h2-16,18,24H,17H2,1H3,(H2,29,35)(H,31,34). The number of pyridine rings is 1. The highest BCUT2D eigenvalue weighted by Gasteiger charge is 2.51. The van der Waals surface area contributed by atoms with Crippen molar-refractivity contribution in [3.63, 3.8) is 0 Å². The van der Waals surface area contributed by atoms with Crippen LogP contribution in [0.1, 0.15) is 21.6 Å². The average molecular weight is 496 g/mol. The average Bonchev–Trinajstić information content (AvgIpc) is 3.57. The molecule has 0 bridgehead atoms. The van der Waals surface area contributed by atoms with E-state index in [4.69, 9.17) is 15.2 Å². The molecule has 2 amide bonds. The van der Waals surface area contributed by atoms with Gasteiger partial charge in [-0.2, -0.15) is 5.10 Å². The second-order valence-electron chi connectivity index (χ2n) is 8.57. The van der Waals surface area contributed by atoms with Crippen LogP contribution in [0.2, 0.25) is 0 Å². The molecule has 3 N–H and O–H groups in total. The smallest absolute Gasteiger partial charge is 0.352 e. The highest BCUT2D eigenvalue weighted by Crippen LogP contribution is 2.28. The summed E-state index contributed by atoms with van der Waals surface area (Å²) >= 11 is 0. The quantitative estimate of drug-likeness (QED) is 0.387. The first kappa shape index (κ1) is 23.8. The summed E-state index contributed by atoms with van der Waals surface area (Å²) in [6, 6.07) is 21.6. The molecule has 9 heteroatoms. The fraction of sp³-hybridized carbons (Fsp3) is 0.143. The van der Waals surface area contributed by atoms with Crippen molar-refractivity contribution in [1.82, 2.24) is 20.1 Å². The number of hydrogen-bond acceptors (Lipinski definition) is 6. The van der Waals surface area contributed by atoms with E-state index in [1.165, 1.54) is 12.5 Å². The lowest BCUT2D eigenvalue weighted by molar-refractivity contribution is -0.182. The molecule has 37 heavy (non-hydrogen) atoms. The van der Waals surface area contributed by atoms with Gasteiger partial charge in [0.15, 0.2) is 5.82 Å². The summed E-state index contributed by atoms with van der Waals surface area (Å²) in [4.78, 5) is 30.6. The number of hydrogen-bond donors (Lipinski definition) is 2. The van der Waals surface area contributed by atoms with Crippen molar-refractivity contribution < 1.29 is 19.1 Å². The van der Waals surface area contributed by atoms with Crippen LogP contribution in [0.25, 0.3) is 16.9 Å². The number of aryl methyl sites for hydroxylation is 1. The molecule has 1 aliphatic heterocycles. The lowest BCUT2D eigenvalue weighted by Gasteiger charge is -2.33. The van der Waals surface area contributed by atoms with Crippen LogP contribution in [-0.4, -0.2) is 38.4 Å². The molecule has 1 atom stereocenters. The Hall–Kier alpha value is -4.92. The number of ether oxygens (including phenoxy) is 2. The molecule has 3 heterocycles. The first-order chi connectivity index (χ1) is 18.0. The van der Waals surface area contributed by atoms with E-state index in [2.05, 4.69) is 15.4 Å². The molecule has 9 nitrogen and oxygen atoms in total. The number of carbonyl (C=O) groups is 2. The van der Waals surface area contributed by atoms with Crippen LogP contribution in [0.3, 0.4) is 0 Å². The summed E-state index contributed by atoms with van der Waals surface area (Å²) in [6.45, 7) is 1.90. The van der Waals surface area contributed by atoms with E-state index < -0.39 is 23.6 Å². The summed E-state index contributed by atoms with van der Waals surface area (Å²) in [6.07, 6.45) is 6.13. The number of carbonyl (C=O) groups excluding carboxylic acids is 2. The van der Waals surface area contributed by atoms with Crippen LogP contribution in [0.15, 0.2) is 97.7 Å². The molecule has 0 radical (unpaired) electrons. The summed E-state index contributed by atoms with van der Waals surface area (Å²) < 4.78 is 12.6. The summed E-state index contributed by atoms with van der Waals surface area (Å²) in [5, 5.41) is 7.51. The normalized spacial score (nSPS) is 14.4. The van der Waals surface area contributed by atoms with Gasteiger partial charge in [0.05, 0.1) is 11.3 Å². The molecule has 4 aromatic rings. The Morgan fingerprint density at radius 2 is 1.68 bits per heavy atom. The zero-order valence-corrected chi connectivity index (χ0v) is 20.1. The Bertz CT molecular complexity index is 1440. The molecule has 5 rings (SSSR count). The van der Waals surface area contributed by atoms with Gasteiger partial charge in [0.25, 0.3) is 5.91 Å². The number of nitrogens with one attached hydrogen (secondary N) is 1. The van der Waals surface area contributed by atoms with Gasteiger partial charge in [-0.15, -0.1) is 0 Å². The Morgan fingerprint density at radius 1 is 1.00 bits per heavy atom. The van der Waals surface area contributed by atoms with Crippen molar-refractivity contribution in [3.8, 4) is 16.9 Å². The van der Waals surface area contributed by atoms with Gasteiger partial charge in [-0.1, -0.05) is 60.7 Å². The molecule has 1 unspecified atom stereocenters. The van der Waals surface area contributed by atoms with Crippen LogP contribution in [0, 0.1) is 6.92 Å². The maximum absolute atomic E-state index is 13.6. The molecule has 2 aromatic heterocycles. The van der Waals surface area contributed by atoms with E-state index in [9.17, 15) is 9.59 Å². The second kappa shape index (κ2) is 9.98. The predicted molar refractivity (Wildman–Crippen MR) is 136 cm³/mol. The Kier molecular flexibility index (Phi) is 6.42. The molecule has 0 aliphatic carbocycles. The number of primary amides is 1. The maximum Gasteiger partial charge on any atom is 0.352 e. The number of nitrogens with two attached hydrogens (primary N) is 1. The van der Waals surface area contributed by atoms with Crippen molar-refractivity contribution in [3.05, 3.63) is 115 Å². The van der Waals surface area contributed by atoms with Gasteiger partial charge in [0, 0.05) is 24.4 Å². The van der Waals surface area contributed by atoms with E-state index in [1.807, 2.05) is 73.8 Å². The van der Waals surface area contributed by atoms with Crippen molar-refractivity contribution in [2.24, 2.45) is 5.73 Å². The maximum atomic E-state index is 13.6. The minimum absolute atomic E-state index is 0.228. The van der Waals surface area contributed by atoms with E-state index >= 15 is 0 Å². The van der Waals surface area contributed by atoms with Gasteiger partial charge < -0.3 is 20.5 Å². The molecular formula is C28H25N5O4. The molecule has 0 spiro atoms. The SMILES string of the molecule is Cc1nn(-c2ncccc2C(=O)NC(Cc2ccccc2)C2(C(N)=O)OC=CO2)cc1-c1ccccc1. The van der Waals surface area contributed by atoms with Gasteiger partial charge in [-0.3, -0.25) is 9.59 Å². The zero-order valence-electron chi connectivity index (χ0n) is 20.1. The predicted octanol–water partition coefficient (Wildman–Crippen LogP) is 3.28.